The molecule has 41 heavy (non-hydrogen) atoms. The lowest BCUT2D eigenvalue weighted by Crippen LogP contribution is -2.53. The van der Waals surface area contributed by atoms with Crippen LogP contribution in [0.1, 0.15) is 42.4 Å². The maximum Gasteiger partial charge on any atom is 0.573 e. The van der Waals surface area contributed by atoms with Crippen LogP contribution >= 0.6 is 0 Å². The Morgan fingerprint density at radius 2 is 1.29 bits per heavy atom. The van der Waals surface area contributed by atoms with E-state index in [1.807, 2.05) is 0 Å². The van der Waals surface area contributed by atoms with Gasteiger partial charge >= 0.3 is 18.8 Å². The summed E-state index contributed by atoms with van der Waals surface area (Å²) in [4.78, 5) is 13.4. The second-order valence-electron chi connectivity index (χ2n) is 9.66. The van der Waals surface area contributed by atoms with Gasteiger partial charge in [-0.25, -0.2) is 4.79 Å². The summed E-state index contributed by atoms with van der Waals surface area (Å²) < 4.78 is 92.2. The van der Waals surface area contributed by atoms with Crippen LogP contribution in [0.5, 0.6) is 17.2 Å². The Kier molecular flexibility index (Phi) is 8.89. The van der Waals surface area contributed by atoms with Crippen molar-refractivity contribution in [1.82, 2.24) is 10.6 Å². The van der Waals surface area contributed by atoms with Gasteiger partial charge in [-0.2, -0.15) is 0 Å². The summed E-state index contributed by atoms with van der Waals surface area (Å²) >= 11 is 0. The largest absolute Gasteiger partial charge is 0.573 e. The van der Waals surface area contributed by atoms with E-state index in [-0.39, 0.29) is 23.6 Å². The van der Waals surface area contributed by atoms with Gasteiger partial charge in [0.2, 0.25) is 0 Å². The molecule has 0 saturated heterocycles. The number of hydrogen-bond donors (Lipinski definition) is 2. The van der Waals surface area contributed by atoms with Crippen LogP contribution in [0.4, 0.5) is 31.1 Å². The minimum absolute atomic E-state index is 0.0555. The number of halogens is 6. The zero-order chi connectivity index (χ0) is 29.7. The normalized spacial score (nSPS) is 14.4. The van der Waals surface area contributed by atoms with Crippen LogP contribution in [-0.2, 0) is 12.0 Å². The van der Waals surface area contributed by atoms with Gasteiger partial charge in [-0.3, -0.25) is 0 Å². The molecule has 0 unspecified atom stereocenters. The summed E-state index contributed by atoms with van der Waals surface area (Å²) in [6.07, 6.45) is -6.69. The number of amides is 2. The summed E-state index contributed by atoms with van der Waals surface area (Å²) in [6, 6.07) is 15.9. The van der Waals surface area contributed by atoms with Crippen molar-refractivity contribution in [3.05, 3.63) is 89.5 Å². The number of rotatable bonds is 9. The number of alkyl halides is 6. The van der Waals surface area contributed by atoms with Crippen molar-refractivity contribution < 1.29 is 45.3 Å². The monoisotopic (exact) mass is 582 g/mol. The fourth-order valence-corrected chi connectivity index (χ4v) is 5.01. The zero-order valence-corrected chi connectivity index (χ0v) is 21.9. The van der Waals surface area contributed by atoms with Crippen molar-refractivity contribution in [2.45, 2.75) is 56.4 Å². The summed E-state index contributed by atoms with van der Waals surface area (Å²) in [5.41, 5.74) is -0.773. The molecular weight excluding hydrogens is 554 g/mol. The van der Waals surface area contributed by atoms with Gasteiger partial charge in [-0.15, -0.1) is 26.3 Å². The van der Waals surface area contributed by atoms with Crippen molar-refractivity contribution >= 4 is 6.03 Å². The lowest BCUT2D eigenvalue weighted by atomic mass is 9.77. The highest BCUT2D eigenvalue weighted by Gasteiger charge is 2.39. The summed E-state index contributed by atoms with van der Waals surface area (Å²) in [7, 11) is 1.48. The van der Waals surface area contributed by atoms with Gasteiger partial charge in [0.25, 0.3) is 0 Å². The van der Waals surface area contributed by atoms with Gasteiger partial charge in [0, 0.05) is 12.5 Å². The SMILES string of the molecule is COc1ccc(CC(NC(=O)NC2CCCC2)(c2cccc(OC(F)(F)F)c2)c2cccc(OC(F)(F)F)c2)cc1. The Labute approximate surface area is 232 Å². The molecule has 4 rings (SSSR count). The first-order valence-corrected chi connectivity index (χ1v) is 12.8. The first-order chi connectivity index (χ1) is 19.3. The van der Waals surface area contributed by atoms with E-state index in [9.17, 15) is 31.1 Å². The van der Waals surface area contributed by atoms with Crippen molar-refractivity contribution in [3.63, 3.8) is 0 Å². The van der Waals surface area contributed by atoms with Crippen LogP contribution in [0.3, 0.4) is 0 Å². The van der Waals surface area contributed by atoms with E-state index in [4.69, 9.17) is 4.74 Å². The van der Waals surface area contributed by atoms with E-state index in [1.165, 1.54) is 31.4 Å². The van der Waals surface area contributed by atoms with Gasteiger partial charge in [-0.05, 0) is 65.9 Å². The molecule has 3 aromatic rings. The fourth-order valence-electron chi connectivity index (χ4n) is 5.01. The number of ether oxygens (including phenoxy) is 3. The van der Waals surface area contributed by atoms with Crippen molar-refractivity contribution in [1.29, 1.82) is 0 Å². The molecule has 1 saturated carbocycles. The van der Waals surface area contributed by atoms with Crippen LogP contribution in [0.25, 0.3) is 0 Å². The second-order valence-corrected chi connectivity index (χ2v) is 9.66. The molecule has 0 spiro atoms. The lowest BCUT2D eigenvalue weighted by Gasteiger charge is -2.37. The van der Waals surface area contributed by atoms with Gasteiger partial charge in [-0.1, -0.05) is 49.2 Å². The molecule has 6 nitrogen and oxygen atoms in total. The van der Waals surface area contributed by atoms with Gasteiger partial charge in [0.1, 0.15) is 17.2 Å². The molecule has 1 fully saturated rings. The van der Waals surface area contributed by atoms with E-state index in [0.717, 1.165) is 49.9 Å². The molecule has 1 aliphatic rings. The van der Waals surface area contributed by atoms with Crippen LogP contribution in [0.15, 0.2) is 72.8 Å². The molecule has 0 radical (unpaired) electrons. The average Bonchev–Trinajstić information content (AvgIpc) is 3.40. The Balaban J connectivity index is 1.88. The third-order valence-corrected chi connectivity index (χ3v) is 6.77. The molecule has 2 amide bonds. The number of carbonyl (C=O) groups is 1. The maximum atomic E-state index is 13.4. The topological polar surface area (TPSA) is 68.8 Å². The van der Waals surface area contributed by atoms with E-state index < -0.39 is 35.8 Å². The molecule has 0 heterocycles. The maximum absolute atomic E-state index is 13.4. The third kappa shape index (κ3) is 8.21. The zero-order valence-electron chi connectivity index (χ0n) is 21.9. The third-order valence-electron chi connectivity index (χ3n) is 6.77. The molecule has 0 bridgehead atoms. The summed E-state index contributed by atoms with van der Waals surface area (Å²) in [6.45, 7) is 0. The van der Waals surface area contributed by atoms with Crippen LogP contribution in [0, 0.1) is 0 Å². The first-order valence-electron chi connectivity index (χ1n) is 12.8. The van der Waals surface area contributed by atoms with E-state index >= 15 is 0 Å². The highest BCUT2D eigenvalue weighted by molar-refractivity contribution is 5.76. The molecule has 12 heteroatoms. The quantitative estimate of drug-likeness (QED) is 0.262. The molecule has 2 N–H and O–H groups in total. The minimum Gasteiger partial charge on any atom is -0.497 e. The van der Waals surface area contributed by atoms with E-state index in [0.29, 0.717) is 11.3 Å². The Morgan fingerprint density at radius 1 is 0.780 bits per heavy atom. The van der Waals surface area contributed by atoms with Gasteiger partial charge in [0.05, 0.1) is 12.6 Å². The molecule has 0 aliphatic heterocycles. The van der Waals surface area contributed by atoms with Crippen LogP contribution < -0.4 is 24.8 Å². The number of methoxy groups -OCH3 is 1. The standard InChI is InChI=1S/C29H28F6N2O4/c1-39-23-14-12-19(13-15-23)18-27(37-26(38)36-22-8-2-3-9-22,20-6-4-10-24(16-20)40-28(30,31)32)21-7-5-11-25(17-21)41-29(33,34)35/h4-7,10-17,22H,2-3,8-9,18H2,1H3,(H2,36,37,38). The Morgan fingerprint density at radius 3 is 1.76 bits per heavy atom. The lowest BCUT2D eigenvalue weighted by molar-refractivity contribution is -0.275. The first kappa shape index (κ1) is 29.9. The minimum atomic E-state index is -5.00. The molecule has 1 aliphatic carbocycles. The van der Waals surface area contributed by atoms with Crippen molar-refractivity contribution in [2.24, 2.45) is 0 Å². The van der Waals surface area contributed by atoms with Crippen molar-refractivity contribution in [3.8, 4) is 17.2 Å². The smallest absolute Gasteiger partial charge is 0.497 e. The predicted molar refractivity (Wildman–Crippen MR) is 138 cm³/mol. The number of nitrogens with one attached hydrogen (secondary N) is 2. The van der Waals surface area contributed by atoms with Crippen LogP contribution in [0.2, 0.25) is 0 Å². The number of hydrogen-bond acceptors (Lipinski definition) is 4. The van der Waals surface area contributed by atoms with E-state index in [1.54, 1.807) is 24.3 Å². The molecular formula is C29H28F6N2O4. The summed E-state index contributed by atoms with van der Waals surface area (Å²) in [5.74, 6) is -0.586. The molecule has 0 atom stereocenters. The fraction of sp³-hybridized carbons (Fsp3) is 0.345. The number of carbonyl (C=O) groups excluding carboxylic acids is 1. The number of benzene rings is 3. The predicted octanol–water partition coefficient (Wildman–Crippen LogP) is 7.22. The Hall–Kier alpha value is -4.09. The molecule has 0 aromatic heterocycles. The van der Waals surface area contributed by atoms with Crippen LogP contribution in [-0.4, -0.2) is 31.9 Å². The Bertz CT molecular complexity index is 1260. The summed E-state index contributed by atoms with van der Waals surface area (Å²) in [5, 5.41) is 5.78. The van der Waals surface area contributed by atoms with Crippen molar-refractivity contribution in [2.75, 3.05) is 7.11 Å². The molecule has 3 aromatic carbocycles. The number of urea groups is 1. The van der Waals surface area contributed by atoms with Gasteiger partial charge in [0.15, 0.2) is 0 Å². The highest BCUT2D eigenvalue weighted by atomic mass is 19.4. The second kappa shape index (κ2) is 12.2. The van der Waals surface area contributed by atoms with Gasteiger partial charge < -0.3 is 24.8 Å². The average molecular weight is 583 g/mol. The molecule has 220 valence electrons. The highest BCUT2D eigenvalue weighted by Crippen LogP contribution is 2.38. The van der Waals surface area contributed by atoms with E-state index in [2.05, 4.69) is 20.1 Å².